The van der Waals surface area contributed by atoms with Crippen LogP contribution in [0.25, 0.3) is 28.2 Å². The zero-order chi connectivity index (χ0) is 17.7. The molecule has 0 fully saturated rings. The Morgan fingerprint density at radius 1 is 1.08 bits per heavy atom. The van der Waals surface area contributed by atoms with Crippen molar-refractivity contribution in [1.29, 1.82) is 0 Å². The van der Waals surface area contributed by atoms with Gasteiger partial charge in [0, 0.05) is 5.56 Å². The van der Waals surface area contributed by atoms with Gasteiger partial charge in [-0.15, -0.1) is 0 Å². The van der Waals surface area contributed by atoms with Crippen LogP contribution in [0.1, 0.15) is 5.69 Å². The molecule has 0 bridgehead atoms. The highest BCUT2D eigenvalue weighted by Crippen LogP contribution is 2.35. The molecular formula is C19H14ClN5O. The molecule has 5 rings (SSSR count). The van der Waals surface area contributed by atoms with Crippen molar-refractivity contribution in [2.24, 2.45) is 0 Å². The number of fused-ring (bicyclic) bond motifs is 5. The van der Waals surface area contributed by atoms with Gasteiger partial charge >= 0.3 is 0 Å². The van der Waals surface area contributed by atoms with Crippen molar-refractivity contribution in [3.8, 4) is 34.0 Å². The van der Waals surface area contributed by atoms with E-state index in [0.717, 1.165) is 39.6 Å². The van der Waals surface area contributed by atoms with E-state index >= 15 is 0 Å². The Morgan fingerprint density at radius 2 is 1.96 bits per heavy atom. The number of hydrogen-bond donors (Lipinski definition) is 0. The molecule has 2 aromatic carbocycles. The molecule has 1 aliphatic rings. The highest BCUT2D eigenvalue weighted by molar-refractivity contribution is 6.30. The summed E-state index contributed by atoms with van der Waals surface area (Å²) in [6, 6.07) is 14.3. The molecule has 7 heteroatoms. The third-order valence-electron chi connectivity index (χ3n) is 4.63. The summed E-state index contributed by atoms with van der Waals surface area (Å²) < 4.78 is 9.20. The number of imidazole rings is 1. The average molecular weight is 364 g/mol. The summed E-state index contributed by atoms with van der Waals surface area (Å²) in [5.74, 6) is 1.63. The van der Waals surface area contributed by atoms with Gasteiger partial charge in [0.2, 0.25) is 0 Å². The lowest BCUT2D eigenvalue weighted by Crippen LogP contribution is -2.04. The van der Waals surface area contributed by atoms with Crippen molar-refractivity contribution < 1.29 is 4.74 Å². The van der Waals surface area contributed by atoms with Crippen molar-refractivity contribution in [2.75, 3.05) is 7.11 Å². The summed E-state index contributed by atoms with van der Waals surface area (Å²) in [6.45, 7) is 0.525. The van der Waals surface area contributed by atoms with E-state index < -0.39 is 0 Å². The number of halogens is 1. The number of aromatic nitrogens is 5. The van der Waals surface area contributed by atoms with Gasteiger partial charge in [0.25, 0.3) is 0 Å². The first-order chi connectivity index (χ1) is 12.7. The Kier molecular flexibility index (Phi) is 3.33. The first kappa shape index (κ1) is 15.2. The van der Waals surface area contributed by atoms with Gasteiger partial charge in [0.1, 0.15) is 18.4 Å². The van der Waals surface area contributed by atoms with E-state index in [1.165, 1.54) is 0 Å². The summed E-state index contributed by atoms with van der Waals surface area (Å²) in [6.07, 6.45) is 3.31. The van der Waals surface area contributed by atoms with Crippen molar-refractivity contribution in [3.63, 3.8) is 0 Å². The second-order valence-electron chi connectivity index (χ2n) is 6.06. The molecule has 0 aliphatic carbocycles. The minimum Gasteiger partial charge on any atom is -0.497 e. The summed E-state index contributed by atoms with van der Waals surface area (Å²) in [7, 11) is 1.67. The lowest BCUT2D eigenvalue weighted by Gasteiger charge is -2.11. The molecule has 6 nitrogen and oxygen atoms in total. The minimum atomic E-state index is 0.483. The van der Waals surface area contributed by atoms with Crippen LogP contribution in [-0.2, 0) is 6.54 Å². The molecule has 0 atom stereocenters. The van der Waals surface area contributed by atoms with Crippen LogP contribution in [0.3, 0.4) is 0 Å². The molecule has 3 heterocycles. The lowest BCUT2D eigenvalue weighted by molar-refractivity contribution is 0.415. The molecule has 4 aromatic rings. The van der Waals surface area contributed by atoms with Gasteiger partial charge < -0.3 is 4.74 Å². The predicted molar refractivity (Wildman–Crippen MR) is 98.7 cm³/mol. The number of methoxy groups -OCH3 is 1. The number of hydrogen-bond acceptors (Lipinski definition) is 4. The smallest absolute Gasteiger partial charge is 0.160 e. The SMILES string of the molecule is COc1cccc(-c2ccc3c(c2)-c2ncnn2Cc2c(Cl)ncn2-3)c1. The second kappa shape index (κ2) is 5.71. The summed E-state index contributed by atoms with van der Waals surface area (Å²) in [5.41, 5.74) is 5.01. The molecule has 0 saturated heterocycles. The van der Waals surface area contributed by atoms with Crippen LogP contribution in [0.4, 0.5) is 0 Å². The van der Waals surface area contributed by atoms with Crippen LogP contribution in [-0.4, -0.2) is 31.4 Å². The van der Waals surface area contributed by atoms with Crippen LogP contribution in [0, 0.1) is 0 Å². The molecule has 128 valence electrons. The first-order valence-corrected chi connectivity index (χ1v) is 8.51. The van der Waals surface area contributed by atoms with Crippen molar-refractivity contribution in [3.05, 3.63) is 66.0 Å². The van der Waals surface area contributed by atoms with Crippen LogP contribution < -0.4 is 4.74 Å². The van der Waals surface area contributed by atoms with Gasteiger partial charge in [0.05, 0.1) is 25.0 Å². The van der Waals surface area contributed by atoms with Gasteiger partial charge in [-0.05, 0) is 35.4 Å². The zero-order valence-corrected chi connectivity index (χ0v) is 14.7. The summed E-state index contributed by atoms with van der Waals surface area (Å²) >= 11 is 6.28. The van der Waals surface area contributed by atoms with E-state index in [0.29, 0.717) is 11.7 Å². The quantitative estimate of drug-likeness (QED) is 0.478. The minimum absolute atomic E-state index is 0.483. The lowest BCUT2D eigenvalue weighted by atomic mass is 10.0. The van der Waals surface area contributed by atoms with Crippen LogP contribution in [0.2, 0.25) is 5.15 Å². The molecular weight excluding hydrogens is 350 g/mol. The van der Waals surface area contributed by atoms with Crippen molar-refractivity contribution >= 4 is 11.6 Å². The Labute approximate surface area is 154 Å². The van der Waals surface area contributed by atoms with Crippen LogP contribution >= 0.6 is 11.6 Å². The van der Waals surface area contributed by atoms with E-state index in [-0.39, 0.29) is 0 Å². The van der Waals surface area contributed by atoms with E-state index in [1.54, 1.807) is 19.8 Å². The molecule has 1 aliphatic heterocycles. The molecule has 26 heavy (non-hydrogen) atoms. The average Bonchev–Trinajstić information content (AvgIpc) is 3.26. The topological polar surface area (TPSA) is 57.8 Å². The molecule has 2 aromatic heterocycles. The Balaban J connectivity index is 1.75. The van der Waals surface area contributed by atoms with Gasteiger partial charge in [-0.3, -0.25) is 4.57 Å². The van der Waals surface area contributed by atoms with E-state index in [2.05, 4.69) is 39.3 Å². The number of ether oxygens (including phenoxy) is 1. The fourth-order valence-corrected chi connectivity index (χ4v) is 3.53. The van der Waals surface area contributed by atoms with E-state index in [1.807, 2.05) is 27.4 Å². The van der Waals surface area contributed by atoms with Crippen molar-refractivity contribution in [1.82, 2.24) is 24.3 Å². The summed E-state index contributed by atoms with van der Waals surface area (Å²) in [5, 5.41) is 4.83. The predicted octanol–water partition coefficient (Wildman–Crippen LogP) is 3.82. The Morgan fingerprint density at radius 3 is 2.85 bits per heavy atom. The van der Waals surface area contributed by atoms with E-state index in [9.17, 15) is 0 Å². The molecule has 0 N–H and O–H groups in total. The molecule has 0 spiro atoms. The normalized spacial score (nSPS) is 12.1. The largest absolute Gasteiger partial charge is 0.497 e. The third kappa shape index (κ3) is 2.23. The second-order valence-corrected chi connectivity index (χ2v) is 6.42. The molecule has 0 unspecified atom stereocenters. The van der Waals surface area contributed by atoms with Gasteiger partial charge in [-0.2, -0.15) is 5.10 Å². The fourth-order valence-electron chi connectivity index (χ4n) is 3.34. The maximum atomic E-state index is 6.28. The Bertz CT molecular complexity index is 1130. The first-order valence-electron chi connectivity index (χ1n) is 8.13. The van der Waals surface area contributed by atoms with Crippen molar-refractivity contribution in [2.45, 2.75) is 6.54 Å². The highest BCUT2D eigenvalue weighted by Gasteiger charge is 2.23. The van der Waals surface area contributed by atoms with Gasteiger partial charge in [0.15, 0.2) is 11.0 Å². The number of rotatable bonds is 2. The molecule has 0 radical (unpaired) electrons. The molecule has 0 amide bonds. The van der Waals surface area contributed by atoms with Gasteiger partial charge in [-0.25, -0.2) is 14.6 Å². The third-order valence-corrected chi connectivity index (χ3v) is 4.95. The summed E-state index contributed by atoms with van der Waals surface area (Å²) in [4.78, 5) is 8.72. The Hall–Kier alpha value is -3.12. The zero-order valence-electron chi connectivity index (χ0n) is 13.9. The monoisotopic (exact) mass is 363 g/mol. The number of benzene rings is 2. The molecule has 0 saturated carbocycles. The fraction of sp³-hybridized carbons (Fsp3) is 0.105. The van der Waals surface area contributed by atoms with E-state index in [4.69, 9.17) is 16.3 Å². The van der Waals surface area contributed by atoms with Gasteiger partial charge in [-0.1, -0.05) is 29.8 Å². The maximum Gasteiger partial charge on any atom is 0.160 e. The maximum absolute atomic E-state index is 6.28. The van der Waals surface area contributed by atoms with Crippen LogP contribution in [0.15, 0.2) is 55.1 Å². The highest BCUT2D eigenvalue weighted by atomic mass is 35.5. The van der Waals surface area contributed by atoms with Crippen LogP contribution in [0.5, 0.6) is 5.75 Å². The number of nitrogens with zero attached hydrogens (tertiary/aromatic N) is 5. The standard InChI is InChI=1S/C19H14ClN5O/c1-26-14-4-2-3-12(7-14)13-5-6-16-15(8-13)19-21-10-23-25(19)9-17-18(20)22-11-24(16)17/h2-8,10-11H,9H2,1H3.